The largest absolute Gasteiger partial charge is 0.396 e. The van der Waals surface area contributed by atoms with Crippen molar-refractivity contribution in [2.75, 3.05) is 0 Å². The average molecular weight is 274 g/mol. The molecule has 2 aromatic rings. The van der Waals surface area contributed by atoms with Gasteiger partial charge in [-0.2, -0.15) is 18.3 Å². The van der Waals surface area contributed by atoms with Crippen LogP contribution in [0.2, 0.25) is 0 Å². The minimum Gasteiger partial charge on any atom is -0.343 e. The maximum absolute atomic E-state index is 12.3. The van der Waals surface area contributed by atoms with Crippen LogP contribution in [0.3, 0.4) is 0 Å². The third-order valence-corrected chi connectivity index (χ3v) is 2.38. The minimum atomic E-state index is -4.32. The van der Waals surface area contributed by atoms with Crippen molar-refractivity contribution in [1.82, 2.24) is 19.7 Å². The Morgan fingerprint density at radius 1 is 1.44 bits per heavy atom. The molecular weight excluding hydrogens is 265 g/mol. The minimum absolute atomic E-state index is 0.117. The van der Waals surface area contributed by atoms with Crippen LogP contribution in [0.25, 0.3) is 11.3 Å². The number of aryl methyl sites for hydroxylation is 1. The number of H-pyrrole nitrogens is 1. The molecule has 96 valence electrons. The van der Waals surface area contributed by atoms with Gasteiger partial charge in [-0.3, -0.25) is 4.68 Å². The predicted octanol–water partition coefficient (Wildman–Crippen LogP) is 2.64. The summed E-state index contributed by atoms with van der Waals surface area (Å²) in [5.41, 5.74) is 1.14. The van der Waals surface area contributed by atoms with E-state index < -0.39 is 12.6 Å². The Morgan fingerprint density at radius 2 is 2.17 bits per heavy atom. The van der Waals surface area contributed by atoms with Crippen molar-refractivity contribution in [2.24, 2.45) is 7.05 Å². The summed E-state index contributed by atoms with van der Waals surface area (Å²) in [4.78, 5) is 6.28. The molecule has 0 aliphatic carbocycles. The van der Waals surface area contributed by atoms with Crippen LogP contribution in [0.15, 0.2) is 18.5 Å². The number of rotatable bonds is 2. The zero-order chi connectivity index (χ0) is 13.3. The smallest absolute Gasteiger partial charge is 0.343 e. The van der Waals surface area contributed by atoms with Gasteiger partial charge in [-0.15, -0.1) is 0 Å². The van der Waals surface area contributed by atoms with Gasteiger partial charge in [-0.1, -0.05) is 12.2 Å². The highest BCUT2D eigenvalue weighted by molar-refractivity contribution is 7.71. The first-order chi connectivity index (χ1) is 8.33. The molecule has 0 bridgehead atoms. The van der Waals surface area contributed by atoms with E-state index in [9.17, 15) is 13.2 Å². The van der Waals surface area contributed by atoms with Crippen LogP contribution in [0.1, 0.15) is 5.82 Å². The topological polar surface area (TPSA) is 46.5 Å². The van der Waals surface area contributed by atoms with Crippen molar-refractivity contribution in [1.29, 1.82) is 0 Å². The summed E-state index contributed by atoms with van der Waals surface area (Å²) in [6.45, 7) is 0. The summed E-state index contributed by atoms with van der Waals surface area (Å²) in [6, 6.07) is 1.51. The van der Waals surface area contributed by atoms with E-state index in [4.69, 9.17) is 12.2 Å². The van der Waals surface area contributed by atoms with E-state index in [1.165, 1.54) is 12.3 Å². The van der Waals surface area contributed by atoms with Gasteiger partial charge in [-0.05, 0) is 6.07 Å². The van der Waals surface area contributed by atoms with Gasteiger partial charge in [0.25, 0.3) is 0 Å². The van der Waals surface area contributed by atoms with E-state index in [1.54, 1.807) is 17.9 Å². The molecule has 2 rings (SSSR count). The summed E-state index contributed by atoms with van der Waals surface area (Å²) >= 11 is 4.86. The second-order valence-corrected chi connectivity index (χ2v) is 4.19. The Labute approximate surface area is 105 Å². The second-order valence-electron chi connectivity index (χ2n) is 3.77. The molecule has 0 atom stereocenters. The van der Waals surface area contributed by atoms with Crippen LogP contribution in [-0.2, 0) is 13.5 Å². The molecule has 0 saturated heterocycles. The van der Waals surface area contributed by atoms with E-state index >= 15 is 0 Å². The predicted molar refractivity (Wildman–Crippen MR) is 61.4 cm³/mol. The fourth-order valence-corrected chi connectivity index (χ4v) is 1.73. The fraction of sp³-hybridized carbons (Fsp3) is 0.300. The molecule has 0 aromatic carbocycles. The van der Waals surface area contributed by atoms with Gasteiger partial charge in [0.05, 0.1) is 11.9 Å². The first-order valence-corrected chi connectivity index (χ1v) is 5.40. The normalized spacial score (nSPS) is 11.8. The van der Waals surface area contributed by atoms with Crippen LogP contribution in [-0.4, -0.2) is 25.9 Å². The summed E-state index contributed by atoms with van der Waals surface area (Å²) in [5.74, 6) is -0.200. The summed E-state index contributed by atoms with van der Waals surface area (Å²) < 4.78 is 38.6. The van der Waals surface area contributed by atoms with E-state index in [0.29, 0.717) is 11.3 Å². The molecule has 0 unspecified atom stereocenters. The van der Waals surface area contributed by atoms with Gasteiger partial charge in [0.15, 0.2) is 0 Å². The number of nitrogens with zero attached hydrogens (tertiary/aromatic N) is 3. The van der Waals surface area contributed by atoms with Crippen molar-refractivity contribution in [3.05, 3.63) is 28.9 Å². The Morgan fingerprint density at radius 3 is 2.72 bits per heavy atom. The maximum atomic E-state index is 12.3. The van der Waals surface area contributed by atoms with Crippen LogP contribution in [0, 0.1) is 4.64 Å². The third kappa shape index (κ3) is 3.16. The van der Waals surface area contributed by atoms with Crippen molar-refractivity contribution in [3.8, 4) is 11.3 Å². The summed E-state index contributed by atoms with van der Waals surface area (Å²) in [5, 5.41) is 3.95. The zero-order valence-electron chi connectivity index (χ0n) is 9.32. The molecule has 4 nitrogen and oxygen atoms in total. The number of nitrogens with one attached hydrogen (secondary N) is 1. The van der Waals surface area contributed by atoms with E-state index in [-0.39, 0.29) is 10.5 Å². The van der Waals surface area contributed by atoms with Crippen molar-refractivity contribution < 1.29 is 13.2 Å². The SMILES string of the molecule is Cn1cc(-c2cc(=S)nc(CC(F)(F)F)[nH]2)cn1. The highest BCUT2D eigenvalue weighted by atomic mass is 32.1. The molecule has 0 spiro atoms. The molecule has 0 aliphatic heterocycles. The number of alkyl halides is 3. The molecule has 18 heavy (non-hydrogen) atoms. The number of hydrogen-bond donors (Lipinski definition) is 1. The number of hydrogen-bond acceptors (Lipinski definition) is 3. The van der Waals surface area contributed by atoms with E-state index in [2.05, 4.69) is 15.1 Å². The maximum Gasteiger partial charge on any atom is 0.396 e. The molecule has 0 fully saturated rings. The summed E-state index contributed by atoms with van der Waals surface area (Å²) in [6.07, 6.45) is -2.24. The van der Waals surface area contributed by atoms with Gasteiger partial charge in [0, 0.05) is 18.8 Å². The zero-order valence-corrected chi connectivity index (χ0v) is 10.1. The van der Waals surface area contributed by atoms with Crippen molar-refractivity contribution in [2.45, 2.75) is 12.6 Å². The lowest BCUT2D eigenvalue weighted by atomic mass is 10.2. The third-order valence-electron chi connectivity index (χ3n) is 2.18. The Balaban J connectivity index is 2.41. The average Bonchev–Trinajstić information content (AvgIpc) is 2.61. The van der Waals surface area contributed by atoms with E-state index in [0.717, 1.165) is 0 Å². The molecule has 0 radical (unpaired) electrons. The van der Waals surface area contributed by atoms with Crippen LogP contribution < -0.4 is 0 Å². The van der Waals surface area contributed by atoms with Crippen molar-refractivity contribution in [3.63, 3.8) is 0 Å². The lowest BCUT2D eigenvalue weighted by Crippen LogP contribution is -2.14. The lowest BCUT2D eigenvalue weighted by Gasteiger charge is -2.07. The highest BCUT2D eigenvalue weighted by Gasteiger charge is 2.29. The quantitative estimate of drug-likeness (QED) is 0.856. The molecule has 1 N–H and O–H groups in total. The lowest BCUT2D eigenvalue weighted by molar-refractivity contribution is -0.128. The van der Waals surface area contributed by atoms with Crippen LogP contribution >= 0.6 is 12.2 Å². The second kappa shape index (κ2) is 4.52. The monoisotopic (exact) mass is 274 g/mol. The highest BCUT2D eigenvalue weighted by Crippen LogP contribution is 2.21. The molecule has 0 amide bonds. The van der Waals surface area contributed by atoms with Gasteiger partial charge < -0.3 is 4.98 Å². The first-order valence-electron chi connectivity index (χ1n) is 4.99. The number of halogens is 3. The molecular formula is C10H9F3N4S. The molecule has 2 aromatic heterocycles. The fourth-order valence-electron chi connectivity index (χ4n) is 1.50. The van der Waals surface area contributed by atoms with Crippen LogP contribution in [0.5, 0.6) is 0 Å². The van der Waals surface area contributed by atoms with Gasteiger partial charge in [-0.25, -0.2) is 4.98 Å². The Bertz CT molecular complexity index is 614. The number of aromatic amines is 1. The molecule has 8 heteroatoms. The summed E-state index contributed by atoms with van der Waals surface area (Å²) in [7, 11) is 1.72. The standard InChI is InChI=1S/C10H9F3N4S/c1-17-5-6(4-14-17)7-2-9(18)16-8(15-7)3-10(11,12)13/h2,4-5H,3H2,1H3,(H,15,16,18). The molecule has 2 heterocycles. The first kappa shape index (κ1) is 12.7. The Hall–Kier alpha value is -1.70. The van der Waals surface area contributed by atoms with Crippen LogP contribution in [0.4, 0.5) is 13.2 Å². The number of aromatic nitrogens is 4. The van der Waals surface area contributed by atoms with E-state index in [1.807, 2.05) is 0 Å². The molecule has 0 saturated carbocycles. The van der Waals surface area contributed by atoms with Gasteiger partial charge in [0.2, 0.25) is 0 Å². The van der Waals surface area contributed by atoms with Gasteiger partial charge in [0.1, 0.15) is 16.9 Å². The van der Waals surface area contributed by atoms with Gasteiger partial charge >= 0.3 is 6.18 Å². The molecule has 0 aliphatic rings. The Kier molecular flexibility index (Phi) is 3.20. The van der Waals surface area contributed by atoms with Crippen molar-refractivity contribution >= 4 is 12.2 Å².